The number of nitrogens with one attached hydrogen (secondary N) is 2. The predicted octanol–water partition coefficient (Wildman–Crippen LogP) is 4.14. The van der Waals surface area contributed by atoms with Crippen LogP contribution in [0.4, 0.5) is 5.95 Å². The molecule has 6 rings (SSSR count). The largest absolute Gasteiger partial charge is 0.468 e. The van der Waals surface area contributed by atoms with E-state index in [9.17, 15) is 0 Å². The van der Waals surface area contributed by atoms with Crippen molar-refractivity contribution >= 4 is 5.95 Å². The molecule has 0 bridgehead atoms. The van der Waals surface area contributed by atoms with Crippen LogP contribution in [0.15, 0.2) is 89.7 Å². The molecule has 0 unspecified atom stereocenters. The molecule has 2 aromatic heterocycles. The first kappa shape index (κ1) is 21.0. The molecule has 2 aromatic carbocycles. The molecule has 0 amide bonds. The zero-order valence-electron chi connectivity index (χ0n) is 18.6. The number of fused-ring (bicyclic) bond motifs is 1. The zero-order valence-corrected chi connectivity index (χ0v) is 18.6. The van der Waals surface area contributed by atoms with E-state index in [0.29, 0.717) is 25.7 Å². The van der Waals surface area contributed by atoms with Crippen molar-refractivity contribution in [2.45, 2.75) is 30.8 Å². The van der Waals surface area contributed by atoms with Crippen LogP contribution >= 0.6 is 0 Å². The molecular weight excluding hydrogens is 428 g/mol. The summed E-state index contributed by atoms with van der Waals surface area (Å²) in [5.41, 5.74) is 4.30. The van der Waals surface area contributed by atoms with Gasteiger partial charge >= 0.3 is 0 Å². The number of hydrogen-bond acceptors (Lipinski definition) is 7. The van der Waals surface area contributed by atoms with E-state index in [2.05, 4.69) is 52.0 Å². The van der Waals surface area contributed by atoms with E-state index in [4.69, 9.17) is 18.9 Å². The molecule has 2 saturated heterocycles. The van der Waals surface area contributed by atoms with Crippen LogP contribution in [0, 0.1) is 0 Å². The summed E-state index contributed by atoms with van der Waals surface area (Å²) in [4.78, 5) is 9.19. The van der Waals surface area contributed by atoms with Crippen molar-refractivity contribution in [3.05, 3.63) is 91.0 Å². The molecule has 0 spiro atoms. The van der Waals surface area contributed by atoms with E-state index in [-0.39, 0.29) is 24.3 Å². The maximum Gasteiger partial charge on any atom is 0.223 e. The second kappa shape index (κ2) is 9.38. The normalized spacial score (nSPS) is 23.6. The minimum Gasteiger partial charge on any atom is -0.468 e. The lowest BCUT2D eigenvalue weighted by Gasteiger charge is -2.18. The Labute approximate surface area is 198 Å². The number of hydrogen-bond donors (Lipinski definition) is 2. The summed E-state index contributed by atoms with van der Waals surface area (Å²) in [6.45, 7) is 1.80. The fourth-order valence-corrected chi connectivity index (χ4v) is 4.66. The van der Waals surface area contributed by atoms with Crippen LogP contribution in [-0.4, -0.2) is 47.5 Å². The fourth-order valence-electron chi connectivity index (χ4n) is 4.66. The van der Waals surface area contributed by atoms with Gasteiger partial charge in [-0.2, -0.15) is 0 Å². The van der Waals surface area contributed by atoms with E-state index in [1.54, 1.807) is 12.5 Å². The lowest BCUT2D eigenvalue weighted by molar-refractivity contribution is 0.0673. The third kappa shape index (κ3) is 4.33. The third-order valence-corrected chi connectivity index (χ3v) is 6.43. The third-order valence-electron chi connectivity index (χ3n) is 6.43. The van der Waals surface area contributed by atoms with E-state index in [1.807, 2.05) is 36.4 Å². The maximum absolute atomic E-state index is 6.08. The van der Waals surface area contributed by atoms with Crippen LogP contribution in [0.1, 0.15) is 5.76 Å². The minimum atomic E-state index is -0.0495. The van der Waals surface area contributed by atoms with E-state index in [1.165, 1.54) is 11.1 Å². The number of aromatic nitrogens is 2. The Bertz CT molecular complexity index is 1210. The molecule has 0 aliphatic carbocycles. The quantitative estimate of drug-likeness (QED) is 0.434. The predicted molar refractivity (Wildman–Crippen MR) is 129 cm³/mol. The van der Waals surface area contributed by atoms with Crippen molar-refractivity contribution in [2.24, 2.45) is 0 Å². The molecule has 2 fully saturated rings. The van der Waals surface area contributed by atoms with Gasteiger partial charge in [0.1, 0.15) is 18.0 Å². The number of anilines is 1. The van der Waals surface area contributed by atoms with Gasteiger partial charge in [-0.1, -0.05) is 54.6 Å². The molecule has 172 valence electrons. The van der Waals surface area contributed by atoms with Crippen molar-refractivity contribution in [3.8, 4) is 22.4 Å². The lowest BCUT2D eigenvalue weighted by atomic mass is 10.0. The molecule has 2 N–H and O–H groups in total. The summed E-state index contributed by atoms with van der Waals surface area (Å²) < 4.78 is 17.6. The Morgan fingerprint density at radius 2 is 1.50 bits per heavy atom. The van der Waals surface area contributed by atoms with Crippen molar-refractivity contribution in [1.82, 2.24) is 15.3 Å². The summed E-state index contributed by atoms with van der Waals surface area (Å²) in [6, 6.07) is 24.7. The number of benzene rings is 2. The molecule has 4 heterocycles. The number of furan rings is 1. The molecular formula is C27H26N4O3. The van der Waals surface area contributed by atoms with E-state index in [0.717, 1.165) is 17.0 Å². The Kier molecular flexibility index (Phi) is 5.81. The second-order valence-corrected chi connectivity index (χ2v) is 8.62. The van der Waals surface area contributed by atoms with Crippen molar-refractivity contribution in [1.29, 1.82) is 0 Å². The van der Waals surface area contributed by atoms with Gasteiger partial charge in [-0.25, -0.2) is 9.97 Å². The van der Waals surface area contributed by atoms with Crippen molar-refractivity contribution in [3.63, 3.8) is 0 Å². The van der Waals surface area contributed by atoms with Crippen LogP contribution in [-0.2, 0) is 16.0 Å². The average Bonchev–Trinajstić information content (AvgIpc) is 3.64. The highest BCUT2D eigenvalue weighted by atomic mass is 16.6. The molecule has 2 aliphatic heterocycles. The second-order valence-electron chi connectivity index (χ2n) is 8.62. The van der Waals surface area contributed by atoms with Crippen LogP contribution in [0.3, 0.4) is 0 Å². The minimum absolute atomic E-state index is 0.00359. The first-order valence-corrected chi connectivity index (χ1v) is 11.6. The van der Waals surface area contributed by atoms with Gasteiger partial charge in [0.2, 0.25) is 5.95 Å². The summed E-state index contributed by atoms with van der Waals surface area (Å²) in [5, 5.41) is 6.92. The Balaban J connectivity index is 1.11. The van der Waals surface area contributed by atoms with Gasteiger partial charge in [-0.15, -0.1) is 0 Å². The van der Waals surface area contributed by atoms with Crippen molar-refractivity contribution < 1.29 is 13.9 Å². The Morgan fingerprint density at radius 3 is 2.29 bits per heavy atom. The smallest absolute Gasteiger partial charge is 0.223 e. The molecule has 4 aromatic rings. The van der Waals surface area contributed by atoms with Gasteiger partial charge in [0, 0.05) is 11.8 Å². The highest BCUT2D eigenvalue weighted by Crippen LogP contribution is 2.29. The number of ether oxygens (including phenoxy) is 2. The Hall–Kier alpha value is -3.52. The van der Waals surface area contributed by atoms with Crippen LogP contribution < -0.4 is 10.6 Å². The first-order valence-electron chi connectivity index (χ1n) is 11.6. The van der Waals surface area contributed by atoms with Gasteiger partial charge in [0.25, 0.3) is 0 Å². The maximum atomic E-state index is 6.08. The topological polar surface area (TPSA) is 81.4 Å². The highest BCUT2D eigenvalue weighted by molar-refractivity contribution is 5.69. The van der Waals surface area contributed by atoms with Gasteiger partial charge in [0.05, 0.1) is 43.8 Å². The van der Waals surface area contributed by atoms with Gasteiger partial charge < -0.3 is 24.5 Å². The standard InChI is InChI=1S/C27H26N4O3/c1-2-5-18(6-3-1)19-8-10-20(11-9-19)22-12-13-28-27(30-22)31-24-17-34-25-23(16-33-26(24)25)29-15-21-7-4-14-32-21/h1-14,23-26,29H,15-17H2,(H,28,30,31)/t23-,24+,25-,26+/m0/s1. The molecule has 34 heavy (non-hydrogen) atoms. The van der Waals surface area contributed by atoms with Crippen LogP contribution in [0.2, 0.25) is 0 Å². The molecule has 4 atom stereocenters. The SMILES string of the molecule is c1ccc(-c2ccc(-c3ccnc(N[C@@H]4CO[C@@H]5[C@@H]4OC[C@@H]5NCc4ccco4)n3)cc2)cc1. The number of rotatable bonds is 7. The Morgan fingerprint density at radius 1 is 0.765 bits per heavy atom. The summed E-state index contributed by atoms with van der Waals surface area (Å²) in [5.74, 6) is 1.48. The van der Waals surface area contributed by atoms with Crippen LogP contribution in [0.5, 0.6) is 0 Å². The average molecular weight is 455 g/mol. The molecule has 0 saturated carbocycles. The van der Waals surface area contributed by atoms with E-state index < -0.39 is 0 Å². The number of nitrogens with zero attached hydrogens (tertiary/aromatic N) is 2. The van der Waals surface area contributed by atoms with E-state index >= 15 is 0 Å². The van der Waals surface area contributed by atoms with Crippen molar-refractivity contribution in [2.75, 3.05) is 18.5 Å². The molecule has 7 heteroatoms. The van der Waals surface area contributed by atoms with Gasteiger partial charge in [-0.05, 0) is 29.3 Å². The monoisotopic (exact) mass is 454 g/mol. The highest BCUT2D eigenvalue weighted by Gasteiger charge is 2.47. The van der Waals surface area contributed by atoms with Crippen LogP contribution in [0.25, 0.3) is 22.4 Å². The molecule has 7 nitrogen and oxygen atoms in total. The van der Waals surface area contributed by atoms with Gasteiger partial charge in [-0.3, -0.25) is 0 Å². The zero-order chi connectivity index (χ0) is 22.7. The fraction of sp³-hybridized carbons (Fsp3) is 0.259. The lowest BCUT2D eigenvalue weighted by Crippen LogP contribution is -2.41. The molecule has 2 aliphatic rings. The molecule has 0 radical (unpaired) electrons. The summed E-state index contributed by atoms with van der Waals surface area (Å²) in [6.07, 6.45) is 3.40. The first-order chi connectivity index (χ1) is 16.8. The summed E-state index contributed by atoms with van der Waals surface area (Å²) >= 11 is 0. The van der Waals surface area contributed by atoms with Gasteiger partial charge in [0.15, 0.2) is 0 Å². The summed E-state index contributed by atoms with van der Waals surface area (Å²) in [7, 11) is 0.